The summed E-state index contributed by atoms with van der Waals surface area (Å²) < 4.78 is 0. The number of aromatic hydroxyl groups is 1. The quantitative estimate of drug-likeness (QED) is 0.737. The van der Waals surface area contributed by atoms with Gasteiger partial charge in [-0.15, -0.1) is 12.4 Å². The van der Waals surface area contributed by atoms with Crippen LogP contribution < -0.4 is 11.1 Å². The number of aryl methyl sites for hydroxylation is 1. The van der Waals surface area contributed by atoms with E-state index < -0.39 is 6.04 Å². The van der Waals surface area contributed by atoms with E-state index in [-0.39, 0.29) is 24.1 Å². The molecule has 1 aromatic carbocycles. The predicted octanol–water partition coefficient (Wildman–Crippen LogP) is 2.43. The lowest BCUT2D eigenvalue weighted by Crippen LogP contribution is -2.36. The molecule has 0 unspecified atom stereocenters. The van der Waals surface area contributed by atoms with Crippen molar-refractivity contribution in [1.82, 2.24) is 0 Å². The lowest BCUT2D eigenvalue weighted by Gasteiger charge is -2.15. The van der Waals surface area contributed by atoms with Crippen LogP contribution in [0.25, 0.3) is 0 Å². The topological polar surface area (TPSA) is 75.3 Å². The van der Waals surface area contributed by atoms with Crippen molar-refractivity contribution < 1.29 is 9.90 Å². The normalized spacial score (nSPS) is 11.8. The minimum absolute atomic E-state index is 0. The summed E-state index contributed by atoms with van der Waals surface area (Å²) in [5.74, 6) is 0.155. The summed E-state index contributed by atoms with van der Waals surface area (Å²) in [6.07, 6.45) is 0.623. The molecule has 1 aromatic rings. The molecular formula is C13H21ClN2O2. The van der Waals surface area contributed by atoms with E-state index in [1.54, 1.807) is 18.2 Å². The molecule has 0 aliphatic rings. The van der Waals surface area contributed by atoms with Crippen LogP contribution >= 0.6 is 12.4 Å². The van der Waals surface area contributed by atoms with Gasteiger partial charge in [0.2, 0.25) is 5.91 Å². The van der Waals surface area contributed by atoms with Gasteiger partial charge >= 0.3 is 0 Å². The Morgan fingerprint density at radius 3 is 2.61 bits per heavy atom. The number of benzene rings is 1. The molecule has 1 amide bonds. The van der Waals surface area contributed by atoms with Crippen LogP contribution in [0.4, 0.5) is 5.69 Å². The number of carbonyl (C=O) groups is 1. The van der Waals surface area contributed by atoms with Crippen molar-refractivity contribution in [3.63, 3.8) is 0 Å². The van der Waals surface area contributed by atoms with E-state index in [1.165, 1.54) is 0 Å². The number of hydrogen-bond donors (Lipinski definition) is 3. The second-order valence-electron chi connectivity index (χ2n) is 4.75. The number of halogens is 1. The van der Waals surface area contributed by atoms with E-state index in [4.69, 9.17) is 5.73 Å². The number of phenolic OH excluding ortho intramolecular Hbond substituents is 1. The van der Waals surface area contributed by atoms with Gasteiger partial charge in [0.15, 0.2) is 0 Å². The number of nitrogens with one attached hydrogen (secondary N) is 1. The van der Waals surface area contributed by atoms with Crippen LogP contribution in [0.1, 0.15) is 25.8 Å². The van der Waals surface area contributed by atoms with Crippen LogP contribution in [0, 0.1) is 12.8 Å². The molecule has 0 aromatic heterocycles. The fraction of sp³-hybridized carbons (Fsp3) is 0.462. The molecule has 1 rings (SSSR count). The summed E-state index contributed by atoms with van der Waals surface area (Å²) in [5.41, 5.74) is 7.14. The minimum Gasteiger partial charge on any atom is -0.506 e. The van der Waals surface area contributed by atoms with Gasteiger partial charge in [0.25, 0.3) is 0 Å². The lowest BCUT2D eigenvalue weighted by atomic mass is 10.0. The number of phenols is 1. The first-order chi connectivity index (χ1) is 7.90. The van der Waals surface area contributed by atoms with Crippen molar-refractivity contribution in [2.45, 2.75) is 33.2 Å². The fourth-order valence-corrected chi connectivity index (χ4v) is 1.59. The van der Waals surface area contributed by atoms with Gasteiger partial charge in [-0.25, -0.2) is 0 Å². The number of nitrogens with two attached hydrogens (primary N) is 1. The first-order valence-corrected chi connectivity index (χ1v) is 5.76. The third-order valence-corrected chi connectivity index (χ3v) is 2.47. The summed E-state index contributed by atoms with van der Waals surface area (Å²) in [7, 11) is 0. The molecule has 102 valence electrons. The molecule has 0 saturated carbocycles. The number of anilines is 1. The smallest absolute Gasteiger partial charge is 0.241 e. The zero-order chi connectivity index (χ0) is 13.0. The van der Waals surface area contributed by atoms with Crippen LogP contribution in [0.3, 0.4) is 0 Å². The zero-order valence-corrected chi connectivity index (χ0v) is 11.8. The molecule has 0 radical (unpaired) electrons. The number of hydrogen-bond acceptors (Lipinski definition) is 3. The van der Waals surface area contributed by atoms with E-state index in [0.717, 1.165) is 5.56 Å². The third-order valence-electron chi connectivity index (χ3n) is 2.47. The summed E-state index contributed by atoms with van der Waals surface area (Å²) in [6, 6.07) is 4.50. The maximum atomic E-state index is 11.8. The van der Waals surface area contributed by atoms with Crippen molar-refractivity contribution in [2.24, 2.45) is 11.7 Å². The lowest BCUT2D eigenvalue weighted by molar-refractivity contribution is -0.117. The fourth-order valence-electron chi connectivity index (χ4n) is 1.59. The van der Waals surface area contributed by atoms with Crippen LogP contribution in [0.2, 0.25) is 0 Å². The zero-order valence-electron chi connectivity index (χ0n) is 10.9. The molecule has 0 aliphatic heterocycles. The highest BCUT2D eigenvalue weighted by atomic mass is 35.5. The molecule has 4 nitrogen and oxygen atoms in total. The van der Waals surface area contributed by atoms with Crippen LogP contribution in [0.5, 0.6) is 5.75 Å². The Balaban J connectivity index is 0.00000289. The highest BCUT2D eigenvalue weighted by Gasteiger charge is 2.16. The van der Waals surface area contributed by atoms with Crippen molar-refractivity contribution in [1.29, 1.82) is 0 Å². The molecule has 0 spiro atoms. The van der Waals surface area contributed by atoms with E-state index in [9.17, 15) is 9.90 Å². The monoisotopic (exact) mass is 272 g/mol. The Morgan fingerprint density at radius 1 is 1.44 bits per heavy atom. The Labute approximate surface area is 114 Å². The first-order valence-electron chi connectivity index (χ1n) is 5.76. The highest BCUT2D eigenvalue weighted by molar-refractivity contribution is 5.95. The molecule has 4 N–H and O–H groups in total. The number of rotatable bonds is 4. The van der Waals surface area contributed by atoms with E-state index >= 15 is 0 Å². The average Bonchev–Trinajstić information content (AvgIpc) is 2.22. The highest BCUT2D eigenvalue weighted by Crippen LogP contribution is 2.24. The Kier molecular flexibility index (Phi) is 6.73. The Bertz CT molecular complexity index is 408. The van der Waals surface area contributed by atoms with Gasteiger partial charge in [0.05, 0.1) is 11.7 Å². The van der Waals surface area contributed by atoms with Crippen molar-refractivity contribution in [2.75, 3.05) is 5.32 Å². The van der Waals surface area contributed by atoms with E-state index in [2.05, 4.69) is 5.32 Å². The second kappa shape index (κ2) is 7.24. The molecule has 0 saturated heterocycles. The van der Waals surface area contributed by atoms with Crippen LogP contribution in [0.15, 0.2) is 18.2 Å². The van der Waals surface area contributed by atoms with Crippen LogP contribution in [-0.2, 0) is 4.79 Å². The number of carbonyl (C=O) groups excluding carboxylic acids is 1. The summed E-state index contributed by atoms with van der Waals surface area (Å²) in [5, 5.41) is 12.2. The van der Waals surface area contributed by atoms with Gasteiger partial charge in [0.1, 0.15) is 5.75 Å². The van der Waals surface area contributed by atoms with Gasteiger partial charge in [-0.1, -0.05) is 19.9 Å². The molecule has 18 heavy (non-hydrogen) atoms. The second-order valence-corrected chi connectivity index (χ2v) is 4.75. The maximum Gasteiger partial charge on any atom is 0.241 e. The molecule has 1 atom stereocenters. The van der Waals surface area contributed by atoms with Gasteiger partial charge in [0, 0.05) is 0 Å². The molecule has 0 heterocycles. The predicted molar refractivity (Wildman–Crippen MR) is 76.2 cm³/mol. The number of amides is 1. The van der Waals surface area contributed by atoms with Gasteiger partial charge < -0.3 is 16.2 Å². The minimum atomic E-state index is -0.546. The molecule has 0 fully saturated rings. The standard InChI is InChI=1S/C13H20N2O2.ClH/c1-8(2)6-10(14)13(17)15-11-7-9(3)4-5-12(11)16;/h4-5,7-8,10,16H,6,14H2,1-3H3,(H,15,17);1H/t10-;/m0./s1. The maximum absolute atomic E-state index is 11.8. The van der Waals surface area contributed by atoms with Gasteiger partial charge in [-0.05, 0) is 37.0 Å². The first kappa shape index (κ1) is 16.7. The molecule has 0 aliphatic carbocycles. The van der Waals surface area contributed by atoms with Crippen molar-refractivity contribution in [3.8, 4) is 5.75 Å². The molecular weight excluding hydrogens is 252 g/mol. The van der Waals surface area contributed by atoms with Crippen molar-refractivity contribution >= 4 is 24.0 Å². The average molecular weight is 273 g/mol. The van der Waals surface area contributed by atoms with E-state index in [0.29, 0.717) is 18.0 Å². The van der Waals surface area contributed by atoms with E-state index in [1.807, 2.05) is 20.8 Å². The third kappa shape index (κ3) is 4.94. The summed E-state index contributed by atoms with van der Waals surface area (Å²) in [4.78, 5) is 11.8. The van der Waals surface area contributed by atoms with Gasteiger partial charge in [-0.3, -0.25) is 4.79 Å². The Morgan fingerprint density at radius 2 is 2.06 bits per heavy atom. The van der Waals surface area contributed by atoms with Gasteiger partial charge in [-0.2, -0.15) is 0 Å². The summed E-state index contributed by atoms with van der Waals surface area (Å²) >= 11 is 0. The summed E-state index contributed by atoms with van der Waals surface area (Å²) in [6.45, 7) is 5.91. The van der Waals surface area contributed by atoms with Crippen LogP contribution in [-0.4, -0.2) is 17.1 Å². The van der Waals surface area contributed by atoms with Crippen molar-refractivity contribution in [3.05, 3.63) is 23.8 Å². The molecule has 5 heteroatoms. The Hall–Kier alpha value is -1.26. The molecule has 0 bridgehead atoms. The SMILES string of the molecule is Cc1ccc(O)c(NC(=O)[C@@H](N)CC(C)C)c1.Cl. The largest absolute Gasteiger partial charge is 0.506 e.